The Morgan fingerprint density at radius 1 is 0.852 bits per heavy atom. The zero-order valence-electron chi connectivity index (χ0n) is 16.2. The first-order valence-electron chi connectivity index (χ1n) is 9.48. The van der Waals surface area contributed by atoms with Gasteiger partial charge in [0.1, 0.15) is 11.5 Å². The third-order valence-electron chi connectivity index (χ3n) is 5.10. The Morgan fingerprint density at radius 2 is 1.41 bits per heavy atom. The van der Waals surface area contributed by atoms with Crippen LogP contribution in [0.25, 0.3) is 0 Å². The summed E-state index contributed by atoms with van der Waals surface area (Å²) in [5.74, 6) is 1.78. The number of carbonyl (C=O) groups excluding carboxylic acids is 1. The van der Waals surface area contributed by atoms with Crippen molar-refractivity contribution in [1.29, 1.82) is 0 Å². The Balaban J connectivity index is 1.40. The van der Waals surface area contributed by atoms with Crippen molar-refractivity contribution in [3.63, 3.8) is 0 Å². The molecule has 3 rings (SSSR count). The summed E-state index contributed by atoms with van der Waals surface area (Å²) in [7, 11) is 3.32. The average molecular weight is 368 g/mol. The number of hydrogen-bond acceptors (Lipinski definition) is 4. The fourth-order valence-corrected chi connectivity index (χ4v) is 3.39. The molecule has 0 unspecified atom stereocenters. The van der Waals surface area contributed by atoms with Crippen molar-refractivity contribution < 1.29 is 14.3 Å². The second-order valence-corrected chi connectivity index (χ2v) is 6.81. The van der Waals surface area contributed by atoms with Crippen molar-refractivity contribution in [1.82, 2.24) is 9.80 Å². The van der Waals surface area contributed by atoms with Gasteiger partial charge in [-0.2, -0.15) is 0 Å². The Kier molecular flexibility index (Phi) is 6.71. The van der Waals surface area contributed by atoms with Gasteiger partial charge in [0.05, 0.1) is 14.2 Å². The lowest BCUT2D eigenvalue weighted by Crippen LogP contribution is -2.48. The number of amides is 1. The molecule has 2 aromatic rings. The molecule has 0 aromatic heterocycles. The average Bonchev–Trinajstić information content (AvgIpc) is 2.74. The van der Waals surface area contributed by atoms with E-state index in [9.17, 15) is 4.79 Å². The minimum absolute atomic E-state index is 0.107. The van der Waals surface area contributed by atoms with Crippen LogP contribution in [0.15, 0.2) is 48.5 Å². The van der Waals surface area contributed by atoms with Crippen LogP contribution in [-0.2, 0) is 6.42 Å². The number of nitrogens with zero attached hydrogens (tertiary/aromatic N) is 2. The quantitative estimate of drug-likeness (QED) is 0.753. The van der Waals surface area contributed by atoms with Crippen LogP contribution in [0, 0.1) is 0 Å². The molecule has 1 fully saturated rings. The standard InChI is InChI=1S/C22H28N2O3/c1-26-20-9-5-18(6-10-20)4-3-13-23-14-16-24(17-15-23)22(25)19-7-11-21(27-2)12-8-19/h5-12H,3-4,13-17H2,1-2H3. The third kappa shape index (κ3) is 5.23. The number of hydrogen-bond donors (Lipinski definition) is 0. The highest BCUT2D eigenvalue weighted by molar-refractivity contribution is 5.94. The lowest BCUT2D eigenvalue weighted by Gasteiger charge is -2.34. The number of rotatable bonds is 7. The lowest BCUT2D eigenvalue weighted by atomic mass is 10.1. The summed E-state index contributed by atoms with van der Waals surface area (Å²) in [5.41, 5.74) is 2.06. The topological polar surface area (TPSA) is 42.0 Å². The van der Waals surface area contributed by atoms with Crippen LogP contribution in [0.4, 0.5) is 0 Å². The summed E-state index contributed by atoms with van der Waals surface area (Å²) in [5, 5.41) is 0. The first kappa shape index (κ1) is 19.2. The molecule has 1 aliphatic rings. The Hall–Kier alpha value is -2.53. The summed E-state index contributed by atoms with van der Waals surface area (Å²) in [6, 6.07) is 15.6. The molecule has 5 nitrogen and oxygen atoms in total. The molecular weight excluding hydrogens is 340 g/mol. The first-order chi connectivity index (χ1) is 13.2. The molecular formula is C22H28N2O3. The monoisotopic (exact) mass is 368 g/mol. The lowest BCUT2D eigenvalue weighted by molar-refractivity contribution is 0.0636. The van der Waals surface area contributed by atoms with Crippen molar-refractivity contribution in [3.05, 3.63) is 59.7 Å². The van der Waals surface area contributed by atoms with Gasteiger partial charge in [-0.3, -0.25) is 9.69 Å². The smallest absolute Gasteiger partial charge is 0.253 e. The van der Waals surface area contributed by atoms with Crippen LogP contribution in [0.1, 0.15) is 22.3 Å². The highest BCUT2D eigenvalue weighted by Gasteiger charge is 2.21. The molecule has 0 radical (unpaired) electrons. The van der Waals surface area contributed by atoms with Gasteiger partial charge in [-0.25, -0.2) is 0 Å². The molecule has 0 aliphatic carbocycles. The van der Waals surface area contributed by atoms with Gasteiger partial charge in [0.25, 0.3) is 5.91 Å². The van der Waals surface area contributed by atoms with E-state index in [2.05, 4.69) is 17.0 Å². The van der Waals surface area contributed by atoms with Crippen LogP contribution in [0.2, 0.25) is 0 Å². The minimum Gasteiger partial charge on any atom is -0.497 e. The van der Waals surface area contributed by atoms with Gasteiger partial charge in [-0.1, -0.05) is 12.1 Å². The van der Waals surface area contributed by atoms with Crippen LogP contribution < -0.4 is 9.47 Å². The molecule has 1 amide bonds. The number of carbonyl (C=O) groups is 1. The van der Waals surface area contributed by atoms with Crippen molar-refractivity contribution in [2.24, 2.45) is 0 Å². The van der Waals surface area contributed by atoms with E-state index in [0.29, 0.717) is 0 Å². The Labute approximate surface area is 161 Å². The largest absolute Gasteiger partial charge is 0.497 e. The van der Waals surface area contributed by atoms with E-state index in [4.69, 9.17) is 9.47 Å². The van der Waals surface area contributed by atoms with Gasteiger partial charge in [0.15, 0.2) is 0 Å². The van der Waals surface area contributed by atoms with Gasteiger partial charge in [-0.05, 0) is 61.3 Å². The summed E-state index contributed by atoms with van der Waals surface area (Å²) in [6.45, 7) is 4.51. The molecule has 0 spiro atoms. The van der Waals surface area contributed by atoms with E-state index in [1.54, 1.807) is 14.2 Å². The highest BCUT2D eigenvalue weighted by atomic mass is 16.5. The Morgan fingerprint density at radius 3 is 1.96 bits per heavy atom. The van der Waals surface area contributed by atoms with E-state index in [0.717, 1.165) is 62.6 Å². The van der Waals surface area contributed by atoms with E-state index in [1.165, 1.54) is 5.56 Å². The van der Waals surface area contributed by atoms with E-state index >= 15 is 0 Å². The second kappa shape index (κ2) is 9.42. The summed E-state index contributed by atoms with van der Waals surface area (Å²) >= 11 is 0. The molecule has 0 atom stereocenters. The number of benzene rings is 2. The molecule has 2 aromatic carbocycles. The van der Waals surface area contributed by atoms with Crippen molar-refractivity contribution in [2.75, 3.05) is 46.9 Å². The normalized spacial score (nSPS) is 14.8. The van der Waals surface area contributed by atoms with Crippen molar-refractivity contribution >= 4 is 5.91 Å². The Bertz CT molecular complexity index is 720. The molecule has 0 bridgehead atoms. The zero-order valence-corrected chi connectivity index (χ0v) is 16.2. The molecule has 27 heavy (non-hydrogen) atoms. The van der Waals surface area contributed by atoms with E-state index < -0.39 is 0 Å². The molecule has 0 saturated carbocycles. The summed E-state index contributed by atoms with van der Waals surface area (Å²) < 4.78 is 10.3. The number of piperazine rings is 1. The number of aryl methyl sites for hydroxylation is 1. The maximum absolute atomic E-state index is 12.6. The predicted octanol–water partition coefficient (Wildman–Crippen LogP) is 3.09. The van der Waals surface area contributed by atoms with Gasteiger partial charge in [0, 0.05) is 31.7 Å². The number of ether oxygens (including phenoxy) is 2. The molecule has 0 N–H and O–H groups in total. The maximum atomic E-state index is 12.6. The molecule has 144 valence electrons. The van der Waals surface area contributed by atoms with Crippen LogP contribution in [-0.4, -0.2) is 62.7 Å². The predicted molar refractivity (Wildman–Crippen MR) is 107 cm³/mol. The fourth-order valence-electron chi connectivity index (χ4n) is 3.39. The van der Waals surface area contributed by atoms with E-state index in [1.807, 2.05) is 41.3 Å². The SMILES string of the molecule is COc1ccc(CCCN2CCN(C(=O)c3ccc(OC)cc3)CC2)cc1. The summed E-state index contributed by atoms with van der Waals surface area (Å²) in [6.07, 6.45) is 2.19. The zero-order chi connectivity index (χ0) is 19.1. The maximum Gasteiger partial charge on any atom is 0.253 e. The molecule has 1 saturated heterocycles. The molecule has 5 heteroatoms. The van der Waals surface area contributed by atoms with Crippen molar-refractivity contribution in [3.8, 4) is 11.5 Å². The minimum atomic E-state index is 0.107. The van der Waals surface area contributed by atoms with E-state index in [-0.39, 0.29) is 5.91 Å². The van der Waals surface area contributed by atoms with Crippen LogP contribution in [0.5, 0.6) is 11.5 Å². The second-order valence-electron chi connectivity index (χ2n) is 6.81. The van der Waals surface area contributed by atoms with Crippen molar-refractivity contribution in [2.45, 2.75) is 12.8 Å². The van der Waals surface area contributed by atoms with Crippen LogP contribution >= 0.6 is 0 Å². The molecule has 1 aliphatic heterocycles. The third-order valence-corrected chi connectivity index (χ3v) is 5.10. The highest BCUT2D eigenvalue weighted by Crippen LogP contribution is 2.15. The number of methoxy groups -OCH3 is 2. The van der Waals surface area contributed by atoms with Gasteiger partial charge < -0.3 is 14.4 Å². The van der Waals surface area contributed by atoms with Gasteiger partial charge in [-0.15, -0.1) is 0 Å². The molecule has 1 heterocycles. The first-order valence-corrected chi connectivity index (χ1v) is 9.48. The fraction of sp³-hybridized carbons (Fsp3) is 0.409. The van der Waals surface area contributed by atoms with Crippen LogP contribution in [0.3, 0.4) is 0 Å². The van der Waals surface area contributed by atoms with Gasteiger partial charge >= 0.3 is 0 Å². The summed E-state index contributed by atoms with van der Waals surface area (Å²) in [4.78, 5) is 17.0. The van der Waals surface area contributed by atoms with Gasteiger partial charge in [0.2, 0.25) is 0 Å².